The maximum Gasteiger partial charge on any atom is 0.143 e. The van der Waals surface area contributed by atoms with Crippen molar-refractivity contribution in [2.75, 3.05) is 12.4 Å². The second-order valence-corrected chi connectivity index (χ2v) is 4.27. The normalized spacial score (nSPS) is 15.5. The smallest absolute Gasteiger partial charge is 0.143 e. The van der Waals surface area contributed by atoms with E-state index in [0.29, 0.717) is 5.56 Å². The lowest BCUT2D eigenvalue weighted by molar-refractivity contribution is 0.609. The number of hydrogen-bond acceptors (Lipinski definition) is 3. The number of anilines is 1. The molecule has 84 valence electrons. The van der Waals surface area contributed by atoms with Gasteiger partial charge in [0.25, 0.3) is 0 Å². The molecule has 1 aliphatic rings. The monoisotopic (exact) mass is 215 g/mol. The van der Waals surface area contributed by atoms with Crippen molar-refractivity contribution in [3.05, 3.63) is 22.9 Å². The molecule has 0 atom stereocenters. The van der Waals surface area contributed by atoms with Crippen molar-refractivity contribution in [1.29, 1.82) is 5.26 Å². The highest BCUT2D eigenvalue weighted by atomic mass is 15.0. The van der Waals surface area contributed by atoms with E-state index in [2.05, 4.69) is 16.4 Å². The van der Waals surface area contributed by atoms with Crippen LogP contribution in [-0.2, 0) is 12.8 Å². The largest absolute Gasteiger partial charge is 0.372 e. The Morgan fingerprint density at radius 2 is 2.00 bits per heavy atom. The van der Waals surface area contributed by atoms with Crippen LogP contribution in [0.1, 0.15) is 42.5 Å². The molecule has 0 aromatic carbocycles. The minimum Gasteiger partial charge on any atom is -0.372 e. The van der Waals surface area contributed by atoms with Crippen LogP contribution in [0.15, 0.2) is 6.07 Å². The Bertz CT molecular complexity index is 418. The minimum absolute atomic E-state index is 0.668. The average Bonchev–Trinajstić information content (AvgIpc) is 2.29. The summed E-state index contributed by atoms with van der Waals surface area (Å²) in [4.78, 5) is 4.57. The van der Waals surface area contributed by atoms with Gasteiger partial charge in [0.05, 0.1) is 5.56 Å². The van der Waals surface area contributed by atoms with Crippen molar-refractivity contribution in [1.82, 2.24) is 4.98 Å². The second kappa shape index (κ2) is 4.98. The molecule has 0 unspecified atom stereocenters. The molecule has 3 nitrogen and oxygen atoms in total. The Morgan fingerprint density at radius 1 is 1.25 bits per heavy atom. The van der Waals surface area contributed by atoms with E-state index in [1.165, 1.54) is 36.9 Å². The van der Waals surface area contributed by atoms with Crippen LogP contribution in [0.2, 0.25) is 0 Å². The molecule has 0 radical (unpaired) electrons. The first-order valence-electron chi connectivity index (χ1n) is 5.96. The van der Waals surface area contributed by atoms with E-state index in [9.17, 15) is 0 Å². The number of fused-ring (bicyclic) bond motifs is 1. The topological polar surface area (TPSA) is 48.7 Å². The van der Waals surface area contributed by atoms with Gasteiger partial charge >= 0.3 is 0 Å². The summed E-state index contributed by atoms with van der Waals surface area (Å²) in [5, 5.41) is 12.0. The molecule has 0 spiro atoms. The summed E-state index contributed by atoms with van der Waals surface area (Å²) in [6.07, 6.45) is 7.16. The lowest BCUT2D eigenvalue weighted by atomic mass is 9.96. The molecule has 0 aliphatic heterocycles. The van der Waals surface area contributed by atoms with Gasteiger partial charge < -0.3 is 5.32 Å². The predicted octanol–water partition coefficient (Wildman–Crippen LogP) is 2.65. The summed E-state index contributed by atoms with van der Waals surface area (Å²) in [6, 6.07) is 4.22. The molecule has 1 N–H and O–H groups in total. The predicted molar refractivity (Wildman–Crippen MR) is 64.4 cm³/mol. The highest BCUT2D eigenvalue weighted by Gasteiger charge is 2.12. The average molecular weight is 215 g/mol. The van der Waals surface area contributed by atoms with Gasteiger partial charge in [-0.3, -0.25) is 0 Å². The van der Waals surface area contributed by atoms with E-state index in [-0.39, 0.29) is 0 Å². The van der Waals surface area contributed by atoms with Crippen molar-refractivity contribution in [3.8, 4) is 6.07 Å². The van der Waals surface area contributed by atoms with Crippen LogP contribution in [0.5, 0.6) is 0 Å². The molecule has 0 saturated heterocycles. The molecule has 1 aromatic rings. The Hall–Kier alpha value is -1.56. The van der Waals surface area contributed by atoms with Crippen molar-refractivity contribution >= 4 is 5.82 Å². The van der Waals surface area contributed by atoms with E-state index < -0.39 is 0 Å². The molecule has 0 bridgehead atoms. The van der Waals surface area contributed by atoms with Crippen molar-refractivity contribution in [2.45, 2.75) is 38.5 Å². The quantitative estimate of drug-likeness (QED) is 0.783. The van der Waals surface area contributed by atoms with Gasteiger partial charge in [-0.05, 0) is 37.3 Å². The van der Waals surface area contributed by atoms with Crippen LogP contribution in [-0.4, -0.2) is 12.0 Å². The molecule has 0 amide bonds. The first kappa shape index (κ1) is 10.9. The molecule has 2 rings (SSSR count). The summed E-state index contributed by atoms with van der Waals surface area (Å²) in [7, 11) is 1.82. The van der Waals surface area contributed by atoms with Crippen molar-refractivity contribution in [2.24, 2.45) is 0 Å². The van der Waals surface area contributed by atoms with Gasteiger partial charge in [0, 0.05) is 12.7 Å². The number of rotatable bonds is 1. The summed E-state index contributed by atoms with van der Waals surface area (Å²) in [6.45, 7) is 0. The standard InChI is InChI=1S/C13H17N3/c1-15-13-11(9-14)8-10-6-4-2-3-5-7-12(10)16-13/h8H,2-7H2,1H3,(H,15,16). The minimum atomic E-state index is 0.668. The number of aromatic nitrogens is 1. The van der Waals surface area contributed by atoms with Gasteiger partial charge in [-0.2, -0.15) is 5.26 Å². The number of pyridine rings is 1. The number of hydrogen-bond donors (Lipinski definition) is 1. The summed E-state index contributed by atoms with van der Waals surface area (Å²) >= 11 is 0. The molecule has 0 saturated carbocycles. The highest BCUT2D eigenvalue weighted by molar-refractivity contribution is 5.54. The number of aryl methyl sites for hydroxylation is 2. The van der Waals surface area contributed by atoms with Gasteiger partial charge in [-0.25, -0.2) is 4.98 Å². The summed E-state index contributed by atoms with van der Waals surface area (Å²) < 4.78 is 0. The molecular weight excluding hydrogens is 198 g/mol. The van der Waals surface area contributed by atoms with Crippen LogP contribution < -0.4 is 5.32 Å². The molecule has 0 fully saturated rings. The summed E-state index contributed by atoms with van der Waals surface area (Å²) in [5.41, 5.74) is 3.13. The third-order valence-electron chi connectivity index (χ3n) is 3.16. The Labute approximate surface area is 96.5 Å². The van der Waals surface area contributed by atoms with E-state index in [1.807, 2.05) is 13.1 Å². The van der Waals surface area contributed by atoms with Crippen LogP contribution in [0.3, 0.4) is 0 Å². The van der Waals surface area contributed by atoms with Crippen LogP contribution in [0.25, 0.3) is 0 Å². The van der Waals surface area contributed by atoms with Gasteiger partial charge in [0.15, 0.2) is 0 Å². The maximum atomic E-state index is 9.05. The number of nitriles is 1. The SMILES string of the molecule is CNc1nc2c(cc1C#N)CCCCCC2. The maximum absolute atomic E-state index is 9.05. The third-order valence-corrected chi connectivity index (χ3v) is 3.16. The van der Waals surface area contributed by atoms with E-state index in [1.54, 1.807) is 0 Å². The fourth-order valence-electron chi connectivity index (χ4n) is 2.26. The van der Waals surface area contributed by atoms with E-state index in [4.69, 9.17) is 5.26 Å². The Kier molecular flexibility index (Phi) is 3.40. The Morgan fingerprint density at radius 3 is 2.69 bits per heavy atom. The number of nitrogens with zero attached hydrogens (tertiary/aromatic N) is 2. The molecule has 3 heteroatoms. The molecular formula is C13H17N3. The highest BCUT2D eigenvalue weighted by Crippen LogP contribution is 2.23. The Balaban J connectivity index is 2.41. The number of nitrogens with one attached hydrogen (secondary N) is 1. The fourth-order valence-corrected chi connectivity index (χ4v) is 2.26. The van der Waals surface area contributed by atoms with Gasteiger partial charge in [-0.15, -0.1) is 0 Å². The zero-order chi connectivity index (χ0) is 11.4. The first-order valence-corrected chi connectivity index (χ1v) is 5.96. The van der Waals surface area contributed by atoms with Crippen molar-refractivity contribution in [3.63, 3.8) is 0 Å². The zero-order valence-corrected chi connectivity index (χ0v) is 9.71. The first-order chi connectivity index (χ1) is 7.85. The van der Waals surface area contributed by atoms with Gasteiger partial charge in [0.2, 0.25) is 0 Å². The zero-order valence-electron chi connectivity index (χ0n) is 9.71. The lowest BCUT2D eigenvalue weighted by Gasteiger charge is -2.15. The molecule has 1 heterocycles. The van der Waals surface area contributed by atoms with Crippen LogP contribution in [0, 0.1) is 11.3 Å². The molecule has 1 aromatic heterocycles. The van der Waals surface area contributed by atoms with Gasteiger partial charge in [0.1, 0.15) is 11.9 Å². The molecule has 16 heavy (non-hydrogen) atoms. The fraction of sp³-hybridized carbons (Fsp3) is 0.538. The van der Waals surface area contributed by atoms with Crippen molar-refractivity contribution < 1.29 is 0 Å². The van der Waals surface area contributed by atoms with Gasteiger partial charge in [-0.1, -0.05) is 12.8 Å². The second-order valence-electron chi connectivity index (χ2n) is 4.27. The van der Waals surface area contributed by atoms with Crippen LogP contribution in [0.4, 0.5) is 5.82 Å². The third kappa shape index (κ3) is 2.16. The van der Waals surface area contributed by atoms with E-state index >= 15 is 0 Å². The summed E-state index contributed by atoms with van der Waals surface area (Å²) in [5.74, 6) is 0.724. The van der Waals surface area contributed by atoms with Crippen LogP contribution >= 0.6 is 0 Å². The lowest BCUT2D eigenvalue weighted by Crippen LogP contribution is -2.06. The molecule has 1 aliphatic carbocycles. The van der Waals surface area contributed by atoms with E-state index in [0.717, 1.165) is 18.7 Å².